The van der Waals surface area contributed by atoms with Crippen molar-refractivity contribution in [1.29, 1.82) is 0 Å². The molecule has 1 unspecified atom stereocenters. The minimum Gasteiger partial charge on any atom is -0.475 e. The van der Waals surface area contributed by atoms with Crippen LogP contribution in [0, 0.1) is 5.92 Å². The molecule has 0 saturated carbocycles. The summed E-state index contributed by atoms with van der Waals surface area (Å²) >= 11 is 0. The number of halogens is 3. The Labute approximate surface area is 88.7 Å². The molecule has 1 aromatic rings. The zero-order chi connectivity index (χ0) is 11.9. The molecule has 1 N–H and O–H groups in total. The first kappa shape index (κ1) is 11.0. The number of rotatable bonds is 1. The van der Waals surface area contributed by atoms with Crippen molar-refractivity contribution in [3.63, 3.8) is 0 Å². The number of aromatic nitrogens is 2. The van der Waals surface area contributed by atoms with Gasteiger partial charge in [0.2, 0.25) is 5.82 Å². The van der Waals surface area contributed by atoms with Gasteiger partial charge in [-0.3, -0.25) is 0 Å². The van der Waals surface area contributed by atoms with Crippen LogP contribution in [0.25, 0.3) is 0 Å². The van der Waals surface area contributed by atoms with E-state index in [1.165, 1.54) is 6.20 Å². The predicted molar refractivity (Wildman–Crippen MR) is 47.1 cm³/mol. The molecule has 4 nitrogen and oxygen atoms in total. The van der Waals surface area contributed by atoms with Crippen molar-refractivity contribution in [3.8, 4) is 0 Å². The summed E-state index contributed by atoms with van der Waals surface area (Å²) in [5, 5.41) is 8.75. The summed E-state index contributed by atoms with van der Waals surface area (Å²) < 4.78 is 38.6. The van der Waals surface area contributed by atoms with Crippen molar-refractivity contribution in [2.75, 3.05) is 0 Å². The number of carbonyl (C=O) groups is 1. The van der Waals surface area contributed by atoms with Crippen LogP contribution in [0.4, 0.5) is 13.2 Å². The number of nitrogens with zero attached hydrogens (tertiary/aromatic N) is 2. The highest BCUT2D eigenvalue weighted by molar-refractivity contribution is 5.83. The molecule has 0 bridgehead atoms. The van der Waals surface area contributed by atoms with Crippen LogP contribution in [-0.2, 0) is 13.0 Å². The first-order valence-corrected chi connectivity index (χ1v) is 4.74. The molecule has 1 aliphatic heterocycles. The second-order valence-electron chi connectivity index (χ2n) is 3.77. The number of alkyl halides is 3. The molecule has 2 rings (SSSR count). The highest BCUT2D eigenvalue weighted by atomic mass is 19.4. The van der Waals surface area contributed by atoms with Gasteiger partial charge in [0.25, 0.3) is 0 Å². The van der Waals surface area contributed by atoms with Gasteiger partial charge in [0.15, 0.2) is 0 Å². The van der Waals surface area contributed by atoms with Gasteiger partial charge in [0.1, 0.15) is 0 Å². The molecule has 0 aliphatic carbocycles. The molecule has 7 heteroatoms. The Balaban J connectivity index is 2.31. The van der Waals surface area contributed by atoms with Crippen LogP contribution in [0.3, 0.4) is 0 Å². The van der Waals surface area contributed by atoms with Crippen LogP contribution in [-0.4, -0.2) is 26.8 Å². The third-order valence-electron chi connectivity index (χ3n) is 2.74. The highest BCUT2D eigenvalue weighted by Crippen LogP contribution is 2.34. The molecule has 0 spiro atoms. The van der Waals surface area contributed by atoms with Gasteiger partial charge in [-0.15, -0.1) is 0 Å². The maximum atomic E-state index is 12.5. The fourth-order valence-corrected chi connectivity index (χ4v) is 1.89. The van der Waals surface area contributed by atoms with E-state index in [1.54, 1.807) is 0 Å². The molecule has 1 aliphatic rings. The average molecular weight is 234 g/mol. The molecule has 0 aromatic carbocycles. The summed E-state index contributed by atoms with van der Waals surface area (Å²) in [7, 11) is 0. The zero-order valence-corrected chi connectivity index (χ0v) is 8.16. The number of carboxylic acids is 1. The Morgan fingerprint density at radius 2 is 2.25 bits per heavy atom. The average Bonchev–Trinajstić information content (AvgIpc) is 2.58. The van der Waals surface area contributed by atoms with E-state index < -0.39 is 18.1 Å². The van der Waals surface area contributed by atoms with Gasteiger partial charge < -0.3 is 9.67 Å². The standard InChI is InChI=1S/C9H9F3N2O2/c10-9(11,12)5-1-2-6-3-13-7(8(15)16)14(6)4-5/h3,5H,1-2,4H2,(H,15,16). The number of carboxylic acid groups (broad SMARTS) is 1. The first-order chi connectivity index (χ1) is 7.39. The fraction of sp³-hybridized carbons (Fsp3) is 0.556. The summed E-state index contributed by atoms with van der Waals surface area (Å²) in [5.74, 6) is -3.09. The van der Waals surface area contributed by atoms with Gasteiger partial charge in [-0.25, -0.2) is 9.78 Å². The van der Waals surface area contributed by atoms with Crippen molar-refractivity contribution in [3.05, 3.63) is 17.7 Å². The van der Waals surface area contributed by atoms with Crippen molar-refractivity contribution in [2.24, 2.45) is 5.92 Å². The molecule has 1 aromatic heterocycles. The number of imidazole rings is 1. The van der Waals surface area contributed by atoms with Gasteiger partial charge in [-0.2, -0.15) is 13.2 Å². The van der Waals surface area contributed by atoms with E-state index in [1.807, 2.05) is 0 Å². The third kappa shape index (κ3) is 1.77. The maximum Gasteiger partial charge on any atom is 0.393 e. The molecule has 0 radical (unpaired) electrons. The van der Waals surface area contributed by atoms with Crippen LogP contribution in [0.1, 0.15) is 22.7 Å². The van der Waals surface area contributed by atoms with Crippen molar-refractivity contribution >= 4 is 5.97 Å². The number of aromatic carboxylic acids is 1. The largest absolute Gasteiger partial charge is 0.475 e. The number of aryl methyl sites for hydroxylation is 1. The molecule has 0 amide bonds. The SMILES string of the molecule is O=C(O)c1ncc2n1CC(C(F)(F)F)CC2. The van der Waals surface area contributed by atoms with Gasteiger partial charge in [0, 0.05) is 18.4 Å². The second-order valence-corrected chi connectivity index (χ2v) is 3.77. The lowest BCUT2D eigenvalue weighted by Gasteiger charge is -2.26. The summed E-state index contributed by atoms with van der Waals surface area (Å²) in [4.78, 5) is 14.3. The Morgan fingerprint density at radius 3 is 2.81 bits per heavy atom. The van der Waals surface area contributed by atoms with Crippen LogP contribution in [0.5, 0.6) is 0 Å². The van der Waals surface area contributed by atoms with E-state index in [0.717, 1.165) is 4.57 Å². The van der Waals surface area contributed by atoms with Gasteiger partial charge in [-0.1, -0.05) is 0 Å². The lowest BCUT2D eigenvalue weighted by molar-refractivity contribution is -0.182. The Morgan fingerprint density at radius 1 is 1.56 bits per heavy atom. The molecule has 0 saturated heterocycles. The molecular formula is C9H9F3N2O2. The summed E-state index contributed by atoms with van der Waals surface area (Å²) in [5.41, 5.74) is 0.554. The van der Waals surface area contributed by atoms with Crippen LogP contribution < -0.4 is 0 Å². The summed E-state index contributed by atoms with van der Waals surface area (Å²) in [6, 6.07) is 0. The highest BCUT2D eigenvalue weighted by Gasteiger charge is 2.42. The molecule has 88 valence electrons. The van der Waals surface area contributed by atoms with Crippen LogP contribution >= 0.6 is 0 Å². The van der Waals surface area contributed by atoms with Crippen molar-refractivity contribution in [2.45, 2.75) is 25.6 Å². The molecule has 1 atom stereocenters. The summed E-state index contributed by atoms with van der Waals surface area (Å²) in [6.07, 6.45) is -2.74. The monoisotopic (exact) mass is 234 g/mol. The maximum absolute atomic E-state index is 12.5. The van der Waals surface area contributed by atoms with E-state index >= 15 is 0 Å². The number of hydrogen-bond acceptors (Lipinski definition) is 2. The Hall–Kier alpha value is -1.53. The van der Waals surface area contributed by atoms with E-state index in [4.69, 9.17) is 5.11 Å². The van der Waals surface area contributed by atoms with E-state index in [0.29, 0.717) is 5.69 Å². The molecule has 16 heavy (non-hydrogen) atoms. The zero-order valence-electron chi connectivity index (χ0n) is 8.16. The van der Waals surface area contributed by atoms with Gasteiger partial charge in [-0.05, 0) is 12.8 Å². The molecular weight excluding hydrogens is 225 g/mol. The quantitative estimate of drug-likeness (QED) is 0.804. The third-order valence-corrected chi connectivity index (χ3v) is 2.74. The van der Waals surface area contributed by atoms with Gasteiger partial charge >= 0.3 is 12.1 Å². The Kier molecular flexibility index (Phi) is 2.40. The lowest BCUT2D eigenvalue weighted by Crippen LogP contribution is -2.33. The van der Waals surface area contributed by atoms with E-state index in [2.05, 4.69) is 4.98 Å². The minimum absolute atomic E-state index is 0.00570. The summed E-state index contributed by atoms with van der Waals surface area (Å²) in [6.45, 7) is -0.347. The number of fused-ring (bicyclic) bond motifs is 1. The fourth-order valence-electron chi connectivity index (χ4n) is 1.89. The molecule has 0 fully saturated rings. The lowest BCUT2D eigenvalue weighted by atomic mass is 9.97. The smallest absolute Gasteiger partial charge is 0.393 e. The van der Waals surface area contributed by atoms with E-state index in [9.17, 15) is 18.0 Å². The first-order valence-electron chi connectivity index (χ1n) is 4.74. The predicted octanol–water partition coefficient (Wildman–Crippen LogP) is 1.71. The number of hydrogen-bond donors (Lipinski definition) is 1. The molecule has 2 heterocycles. The Bertz CT molecular complexity index is 425. The van der Waals surface area contributed by atoms with E-state index in [-0.39, 0.29) is 25.2 Å². The van der Waals surface area contributed by atoms with Crippen molar-refractivity contribution < 1.29 is 23.1 Å². The normalized spacial score (nSPS) is 20.6. The second kappa shape index (κ2) is 3.50. The van der Waals surface area contributed by atoms with Crippen LogP contribution in [0.15, 0.2) is 6.20 Å². The van der Waals surface area contributed by atoms with Gasteiger partial charge in [0.05, 0.1) is 5.92 Å². The minimum atomic E-state index is -4.28. The van der Waals surface area contributed by atoms with Crippen LogP contribution in [0.2, 0.25) is 0 Å². The topological polar surface area (TPSA) is 55.1 Å². The van der Waals surface area contributed by atoms with Crippen molar-refractivity contribution in [1.82, 2.24) is 9.55 Å².